The summed E-state index contributed by atoms with van der Waals surface area (Å²) >= 11 is 5.90. The highest BCUT2D eigenvalue weighted by molar-refractivity contribution is 6.30. The summed E-state index contributed by atoms with van der Waals surface area (Å²) in [5.41, 5.74) is 15.3. The lowest BCUT2D eigenvalue weighted by Gasteiger charge is -2.32. The zero-order valence-electron chi connectivity index (χ0n) is 11.2. The Morgan fingerprint density at radius 3 is 2.05 bits per heavy atom. The van der Waals surface area contributed by atoms with E-state index in [1.165, 1.54) is 5.56 Å². The molecule has 0 aliphatic carbocycles. The van der Waals surface area contributed by atoms with Crippen LogP contribution in [0.1, 0.15) is 29.7 Å². The van der Waals surface area contributed by atoms with Crippen molar-refractivity contribution in [2.24, 2.45) is 11.5 Å². The van der Waals surface area contributed by atoms with E-state index < -0.39 is 5.54 Å². The van der Waals surface area contributed by atoms with Gasteiger partial charge in [-0.1, -0.05) is 53.6 Å². The minimum absolute atomic E-state index is 0.269. The van der Waals surface area contributed by atoms with Crippen molar-refractivity contribution in [2.75, 3.05) is 0 Å². The van der Waals surface area contributed by atoms with Gasteiger partial charge in [0.15, 0.2) is 0 Å². The molecule has 0 bridgehead atoms. The molecular formula is C16H19ClN2. The van der Waals surface area contributed by atoms with Crippen molar-refractivity contribution in [2.45, 2.75) is 25.4 Å². The number of benzene rings is 2. The fraction of sp³-hybridized carbons (Fsp3) is 0.250. The SMILES string of the molecule is Cc1ccc([C@@H](N)[C@@](C)(N)c2ccc(Cl)cc2)cc1. The molecule has 3 heteroatoms. The summed E-state index contributed by atoms with van der Waals surface area (Å²) in [6.07, 6.45) is 0. The van der Waals surface area contributed by atoms with Gasteiger partial charge in [-0.05, 0) is 37.1 Å². The molecule has 2 atom stereocenters. The van der Waals surface area contributed by atoms with Crippen molar-refractivity contribution < 1.29 is 0 Å². The second-order valence-electron chi connectivity index (χ2n) is 5.18. The Labute approximate surface area is 119 Å². The van der Waals surface area contributed by atoms with Gasteiger partial charge in [0.05, 0.1) is 11.6 Å². The van der Waals surface area contributed by atoms with E-state index in [2.05, 4.69) is 6.92 Å². The molecule has 0 saturated heterocycles. The molecule has 0 aromatic heterocycles. The van der Waals surface area contributed by atoms with Crippen LogP contribution in [0, 0.1) is 6.92 Å². The van der Waals surface area contributed by atoms with Crippen molar-refractivity contribution in [3.63, 3.8) is 0 Å². The number of rotatable bonds is 3. The number of nitrogens with two attached hydrogens (primary N) is 2. The monoisotopic (exact) mass is 274 g/mol. The number of halogens is 1. The Morgan fingerprint density at radius 2 is 1.53 bits per heavy atom. The first-order valence-electron chi connectivity index (χ1n) is 6.28. The second kappa shape index (κ2) is 5.33. The van der Waals surface area contributed by atoms with E-state index in [1.807, 2.05) is 55.5 Å². The Balaban J connectivity index is 2.32. The van der Waals surface area contributed by atoms with Crippen LogP contribution in [0.25, 0.3) is 0 Å². The molecule has 4 N–H and O–H groups in total. The highest BCUT2D eigenvalue weighted by Gasteiger charge is 2.30. The predicted molar refractivity (Wildman–Crippen MR) is 81.1 cm³/mol. The van der Waals surface area contributed by atoms with Crippen LogP contribution in [0.4, 0.5) is 0 Å². The number of aryl methyl sites for hydroxylation is 1. The van der Waals surface area contributed by atoms with Crippen LogP contribution in [0.5, 0.6) is 0 Å². The largest absolute Gasteiger partial charge is 0.322 e. The van der Waals surface area contributed by atoms with Crippen LogP contribution in [-0.4, -0.2) is 0 Å². The van der Waals surface area contributed by atoms with E-state index in [1.54, 1.807) is 0 Å². The van der Waals surface area contributed by atoms with E-state index >= 15 is 0 Å². The van der Waals surface area contributed by atoms with Crippen LogP contribution in [-0.2, 0) is 5.54 Å². The van der Waals surface area contributed by atoms with Gasteiger partial charge < -0.3 is 11.5 Å². The summed E-state index contributed by atoms with van der Waals surface area (Å²) in [6, 6.07) is 15.4. The van der Waals surface area contributed by atoms with Gasteiger partial charge in [0.1, 0.15) is 0 Å². The molecule has 2 aromatic rings. The molecule has 0 amide bonds. The van der Waals surface area contributed by atoms with E-state index in [-0.39, 0.29) is 6.04 Å². The number of hydrogen-bond acceptors (Lipinski definition) is 2. The third-order valence-corrected chi connectivity index (χ3v) is 3.80. The van der Waals surface area contributed by atoms with Crippen molar-refractivity contribution in [1.82, 2.24) is 0 Å². The van der Waals surface area contributed by atoms with Gasteiger partial charge in [0.2, 0.25) is 0 Å². The molecule has 0 aliphatic heterocycles. The minimum Gasteiger partial charge on any atom is -0.322 e. The van der Waals surface area contributed by atoms with E-state index in [0.29, 0.717) is 5.02 Å². The molecular weight excluding hydrogens is 256 g/mol. The fourth-order valence-electron chi connectivity index (χ4n) is 2.11. The quantitative estimate of drug-likeness (QED) is 0.900. The van der Waals surface area contributed by atoms with Crippen LogP contribution in [0.3, 0.4) is 0 Å². The molecule has 0 unspecified atom stereocenters. The number of hydrogen-bond donors (Lipinski definition) is 2. The first kappa shape index (κ1) is 14.1. The Bertz CT molecular complexity index is 544. The molecule has 2 aromatic carbocycles. The van der Waals surface area contributed by atoms with E-state index in [0.717, 1.165) is 11.1 Å². The molecule has 0 fully saturated rings. The lowest BCUT2D eigenvalue weighted by molar-refractivity contribution is 0.397. The van der Waals surface area contributed by atoms with E-state index in [4.69, 9.17) is 23.1 Å². The normalized spacial score (nSPS) is 15.8. The summed E-state index contributed by atoms with van der Waals surface area (Å²) in [6.45, 7) is 4.00. The van der Waals surface area contributed by atoms with Crippen LogP contribution >= 0.6 is 11.6 Å². The third kappa shape index (κ3) is 2.98. The smallest absolute Gasteiger partial charge is 0.0576 e. The summed E-state index contributed by atoms with van der Waals surface area (Å²) < 4.78 is 0. The summed E-state index contributed by atoms with van der Waals surface area (Å²) in [7, 11) is 0. The van der Waals surface area contributed by atoms with Crippen molar-refractivity contribution in [3.05, 3.63) is 70.2 Å². The lowest BCUT2D eigenvalue weighted by Crippen LogP contribution is -2.44. The standard InChI is InChI=1S/C16H19ClN2/c1-11-3-5-12(6-4-11)15(18)16(2,19)13-7-9-14(17)10-8-13/h3-10,15H,18-19H2,1-2H3/t15-,16+/m1/s1. The molecule has 0 radical (unpaired) electrons. The van der Waals surface area contributed by atoms with Gasteiger partial charge in [-0.3, -0.25) is 0 Å². The predicted octanol–water partition coefficient (Wildman–Crippen LogP) is 3.52. The van der Waals surface area contributed by atoms with Gasteiger partial charge >= 0.3 is 0 Å². The summed E-state index contributed by atoms with van der Waals surface area (Å²) in [5.74, 6) is 0. The maximum Gasteiger partial charge on any atom is 0.0576 e. The first-order chi connectivity index (χ1) is 8.91. The van der Waals surface area contributed by atoms with Gasteiger partial charge in [-0.15, -0.1) is 0 Å². The molecule has 100 valence electrons. The van der Waals surface area contributed by atoms with Crippen molar-refractivity contribution in [1.29, 1.82) is 0 Å². The lowest BCUT2D eigenvalue weighted by atomic mass is 9.82. The first-order valence-corrected chi connectivity index (χ1v) is 6.66. The maximum absolute atomic E-state index is 6.43. The molecule has 0 heterocycles. The van der Waals surface area contributed by atoms with Crippen molar-refractivity contribution in [3.8, 4) is 0 Å². The summed E-state index contributed by atoms with van der Waals surface area (Å²) in [4.78, 5) is 0. The molecule has 2 nitrogen and oxygen atoms in total. The average Bonchev–Trinajstić information content (AvgIpc) is 2.39. The highest BCUT2D eigenvalue weighted by atomic mass is 35.5. The van der Waals surface area contributed by atoms with Crippen LogP contribution in [0.2, 0.25) is 5.02 Å². The molecule has 19 heavy (non-hydrogen) atoms. The average molecular weight is 275 g/mol. The highest BCUT2D eigenvalue weighted by Crippen LogP contribution is 2.31. The Kier molecular flexibility index (Phi) is 3.95. The Hall–Kier alpha value is -1.35. The zero-order valence-corrected chi connectivity index (χ0v) is 12.0. The van der Waals surface area contributed by atoms with E-state index in [9.17, 15) is 0 Å². The van der Waals surface area contributed by atoms with Gasteiger partial charge in [0, 0.05) is 5.02 Å². The topological polar surface area (TPSA) is 52.0 Å². The van der Waals surface area contributed by atoms with Crippen molar-refractivity contribution >= 4 is 11.6 Å². The van der Waals surface area contributed by atoms with Crippen LogP contribution in [0.15, 0.2) is 48.5 Å². The second-order valence-corrected chi connectivity index (χ2v) is 5.61. The Morgan fingerprint density at radius 1 is 1.00 bits per heavy atom. The third-order valence-electron chi connectivity index (χ3n) is 3.55. The molecule has 2 rings (SSSR count). The molecule has 0 aliphatic rings. The molecule has 0 spiro atoms. The van der Waals surface area contributed by atoms with Crippen LogP contribution < -0.4 is 11.5 Å². The van der Waals surface area contributed by atoms with Gasteiger partial charge in [-0.25, -0.2) is 0 Å². The molecule has 0 saturated carbocycles. The van der Waals surface area contributed by atoms with Gasteiger partial charge in [0.25, 0.3) is 0 Å². The minimum atomic E-state index is -0.639. The fourth-order valence-corrected chi connectivity index (χ4v) is 2.23. The van der Waals surface area contributed by atoms with Gasteiger partial charge in [-0.2, -0.15) is 0 Å². The zero-order chi connectivity index (χ0) is 14.0. The summed E-state index contributed by atoms with van der Waals surface area (Å²) in [5, 5.41) is 0.698. The maximum atomic E-state index is 6.43.